The highest BCUT2D eigenvalue weighted by Crippen LogP contribution is 2.41. The fraction of sp³-hybridized carbons (Fsp3) is 0.909. The summed E-state index contributed by atoms with van der Waals surface area (Å²) in [6.07, 6.45) is 4.69. The minimum absolute atomic E-state index is 0.102. The summed E-state index contributed by atoms with van der Waals surface area (Å²) in [6, 6.07) is 0. The van der Waals surface area contributed by atoms with Crippen LogP contribution in [0.5, 0.6) is 0 Å². The van der Waals surface area contributed by atoms with Crippen molar-refractivity contribution in [2.24, 2.45) is 5.92 Å². The molecule has 0 aromatic carbocycles. The fourth-order valence-electron chi connectivity index (χ4n) is 2.90. The predicted molar refractivity (Wildman–Crippen MR) is 135 cm³/mol. The Kier molecular flexibility index (Phi) is 9.52. The second kappa shape index (κ2) is 9.94. The Hall–Kier alpha value is 0.784. The lowest BCUT2D eigenvalue weighted by molar-refractivity contribution is -0.137. The molecule has 0 spiro atoms. The molecule has 6 heteroatoms. The lowest BCUT2D eigenvalue weighted by Crippen LogP contribution is -2.53. The molecule has 1 heterocycles. The molecule has 0 aromatic heterocycles. The van der Waals surface area contributed by atoms with E-state index in [1.807, 2.05) is 0 Å². The minimum atomic E-state index is -1.82. The van der Waals surface area contributed by atoms with Crippen LogP contribution in [-0.4, -0.2) is 41.6 Å². The Morgan fingerprint density at radius 1 is 1.00 bits per heavy atom. The van der Waals surface area contributed by atoms with Gasteiger partial charge in [-0.25, -0.2) is 0 Å². The van der Waals surface area contributed by atoms with Crippen LogP contribution < -0.4 is 0 Å². The van der Waals surface area contributed by atoms with Crippen molar-refractivity contribution < 1.29 is 13.6 Å². The van der Waals surface area contributed by atoms with E-state index >= 15 is 0 Å². The van der Waals surface area contributed by atoms with Gasteiger partial charge in [0.25, 0.3) is 0 Å². The zero-order valence-corrected chi connectivity index (χ0v) is 24.3. The largest absolute Gasteiger partial charge is 0.414 e. The summed E-state index contributed by atoms with van der Waals surface area (Å²) >= 11 is 2.29. The summed E-state index contributed by atoms with van der Waals surface area (Å²) in [5.74, 6) is 0.346. The average Bonchev–Trinajstić information content (AvgIpc) is 2.51. The quantitative estimate of drug-likeness (QED) is 0.247. The fourth-order valence-corrected chi connectivity index (χ4v) is 5.63. The molecule has 0 unspecified atom stereocenters. The topological polar surface area (TPSA) is 27.7 Å². The van der Waals surface area contributed by atoms with Gasteiger partial charge in [-0.3, -0.25) is 0 Å². The molecular weight excluding hydrogens is 495 g/mol. The van der Waals surface area contributed by atoms with Gasteiger partial charge in [-0.15, -0.1) is 0 Å². The van der Waals surface area contributed by atoms with Crippen molar-refractivity contribution in [1.29, 1.82) is 0 Å². The van der Waals surface area contributed by atoms with Gasteiger partial charge < -0.3 is 13.6 Å². The van der Waals surface area contributed by atoms with E-state index in [0.29, 0.717) is 12.5 Å². The van der Waals surface area contributed by atoms with E-state index in [2.05, 4.69) is 107 Å². The number of halogens is 1. The Bertz CT molecular complexity index is 521. The maximum atomic E-state index is 6.88. The van der Waals surface area contributed by atoms with Crippen LogP contribution in [0, 0.1) is 5.92 Å². The second-order valence-electron chi connectivity index (χ2n) is 11.5. The Morgan fingerprint density at radius 2 is 1.54 bits per heavy atom. The molecule has 1 aliphatic heterocycles. The van der Waals surface area contributed by atoms with Crippen LogP contribution in [0.4, 0.5) is 0 Å². The summed E-state index contributed by atoms with van der Waals surface area (Å²) in [5, 5.41) is 0.432. The summed E-state index contributed by atoms with van der Waals surface area (Å²) in [6.45, 7) is 26.2. The van der Waals surface area contributed by atoms with Gasteiger partial charge in [-0.05, 0) is 53.2 Å². The van der Waals surface area contributed by atoms with Gasteiger partial charge >= 0.3 is 0 Å². The first-order chi connectivity index (χ1) is 12.5. The average molecular weight is 541 g/mol. The van der Waals surface area contributed by atoms with Crippen molar-refractivity contribution in [3.8, 4) is 0 Å². The van der Waals surface area contributed by atoms with Crippen molar-refractivity contribution >= 4 is 39.2 Å². The normalized spacial score (nSPS) is 28.1. The SMILES string of the molecule is C[C@@H]1[C@@H](O[Si](C)(C)C(C)(C)C)C[C@H](C/C=C/I)O[C@@H]1CO[Si](C)(C)C(C)(C)C. The Labute approximate surface area is 190 Å². The van der Waals surface area contributed by atoms with E-state index in [-0.39, 0.29) is 28.4 Å². The Balaban J connectivity index is 2.96. The molecule has 1 fully saturated rings. The first-order valence-electron chi connectivity index (χ1n) is 10.7. The van der Waals surface area contributed by atoms with Gasteiger partial charge in [0.05, 0.1) is 24.9 Å². The molecule has 0 aliphatic carbocycles. The molecule has 0 aromatic rings. The molecule has 28 heavy (non-hydrogen) atoms. The highest BCUT2D eigenvalue weighted by molar-refractivity contribution is 14.1. The highest BCUT2D eigenvalue weighted by Gasteiger charge is 2.45. The molecule has 0 bridgehead atoms. The first-order valence-corrected chi connectivity index (χ1v) is 17.8. The maximum Gasteiger partial charge on any atom is 0.192 e. The summed E-state index contributed by atoms with van der Waals surface area (Å²) in [4.78, 5) is 0. The van der Waals surface area contributed by atoms with Crippen LogP contribution in [0.15, 0.2) is 10.2 Å². The third-order valence-electron chi connectivity index (χ3n) is 7.19. The molecule has 1 rings (SSSR count). The van der Waals surface area contributed by atoms with Crippen LogP contribution in [-0.2, 0) is 13.6 Å². The van der Waals surface area contributed by atoms with Crippen molar-refractivity contribution in [3.63, 3.8) is 0 Å². The van der Waals surface area contributed by atoms with Gasteiger partial charge in [0.2, 0.25) is 0 Å². The van der Waals surface area contributed by atoms with Gasteiger partial charge in [-0.1, -0.05) is 77.1 Å². The van der Waals surface area contributed by atoms with Crippen molar-refractivity contribution in [1.82, 2.24) is 0 Å². The number of hydrogen-bond donors (Lipinski definition) is 0. The summed E-state index contributed by atoms with van der Waals surface area (Å²) < 4.78 is 22.0. The molecule has 3 nitrogen and oxygen atoms in total. The number of rotatable bonds is 7. The molecule has 0 N–H and O–H groups in total. The number of ether oxygens (including phenoxy) is 1. The molecule has 1 aliphatic rings. The van der Waals surface area contributed by atoms with E-state index in [1.165, 1.54) is 0 Å². The lowest BCUT2D eigenvalue weighted by Gasteiger charge is -2.47. The van der Waals surface area contributed by atoms with Crippen LogP contribution in [0.1, 0.15) is 61.3 Å². The van der Waals surface area contributed by atoms with Crippen LogP contribution in [0.2, 0.25) is 36.3 Å². The van der Waals surface area contributed by atoms with Crippen LogP contribution in [0.3, 0.4) is 0 Å². The zero-order chi connectivity index (χ0) is 22.0. The third-order valence-corrected chi connectivity index (χ3v) is 16.7. The van der Waals surface area contributed by atoms with Crippen LogP contribution >= 0.6 is 22.6 Å². The standard InChI is InChI=1S/C22H45IO3Si2/c1-17-19(26-28(10,11)22(5,6)7)15-18(13-12-14-23)25-20(17)16-24-27(8,9)21(2,3)4/h12,14,17-20H,13,15-16H2,1-11H3/b14-12+/t17-,18+,19+,20-/m1/s1. The molecular formula is C22H45IO3Si2. The predicted octanol–water partition coefficient (Wildman–Crippen LogP) is 7.53. The molecule has 0 saturated carbocycles. The number of hydrogen-bond acceptors (Lipinski definition) is 3. The zero-order valence-electron chi connectivity index (χ0n) is 20.2. The highest BCUT2D eigenvalue weighted by atomic mass is 127. The third kappa shape index (κ3) is 7.18. The monoisotopic (exact) mass is 540 g/mol. The summed E-state index contributed by atoms with van der Waals surface area (Å²) in [7, 11) is -3.61. The van der Waals surface area contributed by atoms with Crippen LogP contribution in [0.25, 0.3) is 0 Å². The van der Waals surface area contributed by atoms with E-state index in [1.54, 1.807) is 0 Å². The van der Waals surface area contributed by atoms with Gasteiger partial charge in [0.15, 0.2) is 16.6 Å². The molecule has 0 amide bonds. The molecule has 1 saturated heterocycles. The van der Waals surface area contributed by atoms with Gasteiger partial charge in [0, 0.05) is 5.92 Å². The molecule has 0 radical (unpaired) electrons. The van der Waals surface area contributed by atoms with Gasteiger partial charge in [-0.2, -0.15) is 0 Å². The van der Waals surface area contributed by atoms with Crippen molar-refractivity contribution in [3.05, 3.63) is 10.2 Å². The van der Waals surface area contributed by atoms with E-state index < -0.39 is 16.6 Å². The van der Waals surface area contributed by atoms with E-state index in [4.69, 9.17) is 13.6 Å². The van der Waals surface area contributed by atoms with Crippen molar-refractivity contribution in [2.75, 3.05) is 6.61 Å². The summed E-state index contributed by atoms with van der Waals surface area (Å²) in [5.41, 5.74) is 0. The lowest BCUT2D eigenvalue weighted by atomic mass is 9.89. The van der Waals surface area contributed by atoms with E-state index in [9.17, 15) is 0 Å². The smallest absolute Gasteiger partial charge is 0.192 e. The second-order valence-corrected chi connectivity index (χ2v) is 21.8. The maximum absolute atomic E-state index is 6.88. The van der Waals surface area contributed by atoms with Crippen molar-refractivity contribution in [2.45, 2.75) is 116 Å². The molecule has 4 atom stereocenters. The molecule has 166 valence electrons. The first kappa shape index (κ1) is 26.8. The Morgan fingerprint density at radius 3 is 2.00 bits per heavy atom. The van der Waals surface area contributed by atoms with Gasteiger partial charge in [0.1, 0.15) is 0 Å². The minimum Gasteiger partial charge on any atom is -0.414 e. The van der Waals surface area contributed by atoms with E-state index in [0.717, 1.165) is 12.8 Å².